The van der Waals surface area contributed by atoms with Crippen molar-refractivity contribution >= 4 is 0 Å². The van der Waals surface area contributed by atoms with Gasteiger partial charge in [-0.25, -0.2) is 0 Å². The highest BCUT2D eigenvalue weighted by Crippen LogP contribution is 2.09. The van der Waals surface area contributed by atoms with E-state index in [4.69, 9.17) is 11.5 Å². The number of hydrogen-bond acceptors (Lipinski definition) is 2. The molecule has 0 aliphatic carbocycles. The number of allylic oxidation sites excluding steroid dienone is 2. The quantitative estimate of drug-likeness (QED) is 0.860. The maximum absolute atomic E-state index is 6.05. The molecular formula is C16H18N2. The Labute approximate surface area is 108 Å². The Morgan fingerprint density at radius 3 is 1.28 bits per heavy atom. The Morgan fingerprint density at radius 2 is 0.944 bits per heavy atom. The first-order chi connectivity index (χ1) is 8.75. The van der Waals surface area contributed by atoms with Crippen LogP contribution in [0, 0.1) is 0 Å². The molecular weight excluding hydrogens is 220 g/mol. The predicted octanol–water partition coefficient (Wildman–Crippen LogP) is 2.60. The number of benzene rings is 2. The smallest absolute Gasteiger partial charge is 0.0319 e. The lowest BCUT2D eigenvalue weighted by molar-refractivity contribution is 0.986. The summed E-state index contributed by atoms with van der Waals surface area (Å²) in [5.41, 5.74) is 16.0. The van der Waals surface area contributed by atoms with Gasteiger partial charge in [-0.05, 0) is 11.1 Å². The summed E-state index contributed by atoms with van der Waals surface area (Å²) < 4.78 is 0. The fourth-order valence-corrected chi connectivity index (χ4v) is 1.86. The molecule has 0 spiro atoms. The van der Waals surface area contributed by atoms with Crippen molar-refractivity contribution in [2.75, 3.05) is 0 Å². The molecule has 92 valence electrons. The van der Waals surface area contributed by atoms with E-state index in [0.29, 0.717) is 12.8 Å². The molecule has 0 unspecified atom stereocenters. The zero-order valence-corrected chi connectivity index (χ0v) is 10.3. The molecule has 2 nitrogen and oxygen atoms in total. The Balaban J connectivity index is 2.06. The first-order valence-electron chi connectivity index (χ1n) is 6.06. The van der Waals surface area contributed by atoms with E-state index in [9.17, 15) is 0 Å². The third-order valence-electron chi connectivity index (χ3n) is 2.89. The van der Waals surface area contributed by atoms with Crippen LogP contribution in [0.3, 0.4) is 0 Å². The van der Waals surface area contributed by atoms with Gasteiger partial charge >= 0.3 is 0 Å². The van der Waals surface area contributed by atoms with E-state index >= 15 is 0 Å². The fraction of sp³-hybridized carbons (Fsp3) is 0.125. The molecule has 0 saturated heterocycles. The van der Waals surface area contributed by atoms with Crippen molar-refractivity contribution in [2.45, 2.75) is 12.8 Å². The monoisotopic (exact) mass is 238 g/mol. The van der Waals surface area contributed by atoms with Crippen LogP contribution < -0.4 is 11.5 Å². The maximum atomic E-state index is 6.05. The fourth-order valence-electron chi connectivity index (χ4n) is 1.86. The zero-order valence-electron chi connectivity index (χ0n) is 10.3. The van der Waals surface area contributed by atoms with E-state index in [2.05, 4.69) is 24.3 Å². The molecule has 0 fully saturated rings. The average molecular weight is 238 g/mol. The van der Waals surface area contributed by atoms with E-state index in [1.54, 1.807) is 0 Å². The molecule has 0 heterocycles. The van der Waals surface area contributed by atoms with E-state index < -0.39 is 0 Å². The van der Waals surface area contributed by atoms with Crippen molar-refractivity contribution in [2.24, 2.45) is 11.5 Å². The molecule has 0 atom stereocenters. The molecule has 0 amide bonds. The van der Waals surface area contributed by atoms with Gasteiger partial charge in [0.15, 0.2) is 0 Å². The third-order valence-corrected chi connectivity index (χ3v) is 2.89. The zero-order chi connectivity index (χ0) is 12.8. The molecule has 0 aromatic heterocycles. The normalized spacial score (nSPS) is 12.0. The Kier molecular flexibility index (Phi) is 4.02. The minimum atomic E-state index is 0.708. The largest absolute Gasteiger partial charge is 0.400 e. The van der Waals surface area contributed by atoms with Gasteiger partial charge in [0.1, 0.15) is 0 Å². The maximum Gasteiger partial charge on any atom is 0.0319 e. The lowest BCUT2D eigenvalue weighted by atomic mass is 10.1. The number of hydrogen-bond donors (Lipinski definition) is 2. The average Bonchev–Trinajstić information content (AvgIpc) is 2.41. The SMILES string of the molecule is N/C(Cc1ccccc1)=C(\N)Cc1ccccc1. The molecule has 0 saturated carbocycles. The van der Waals surface area contributed by atoms with Crippen molar-refractivity contribution in [1.82, 2.24) is 0 Å². The van der Waals surface area contributed by atoms with Crippen LogP contribution in [0.1, 0.15) is 11.1 Å². The number of nitrogens with two attached hydrogens (primary N) is 2. The molecule has 0 radical (unpaired) electrons. The van der Waals surface area contributed by atoms with Crippen LogP contribution in [-0.2, 0) is 12.8 Å². The molecule has 2 rings (SSSR count). The second-order valence-electron chi connectivity index (χ2n) is 4.38. The summed E-state index contributed by atoms with van der Waals surface area (Å²) in [6.07, 6.45) is 1.42. The van der Waals surface area contributed by atoms with Gasteiger partial charge in [-0.15, -0.1) is 0 Å². The summed E-state index contributed by atoms with van der Waals surface area (Å²) in [5.74, 6) is 0. The molecule has 0 aliphatic heterocycles. The second-order valence-corrected chi connectivity index (χ2v) is 4.38. The lowest BCUT2D eigenvalue weighted by Crippen LogP contribution is -2.14. The first-order valence-corrected chi connectivity index (χ1v) is 6.06. The Bertz CT molecular complexity index is 466. The van der Waals surface area contributed by atoms with Crippen molar-refractivity contribution in [3.63, 3.8) is 0 Å². The van der Waals surface area contributed by atoms with Crippen LogP contribution in [0.5, 0.6) is 0 Å². The first kappa shape index (κ1) is 12.2. The van der Waals surface area contributed by atoms with Gasteiger partial charge in [-0.3, -0.25) is 0 Å². The number of rotatable bonds is 4. The highest BCUT2D eigenvalue weighted by molar-refractivity contribution is 5.26. The summed E-state index contributed by atoms with van der Waals surface area (Å²) in [6, 6.07) is 20.3. The third kappa shape index (κ3) is 3.39. The Hall–Kier alpha value is -2.22. The summed E-state index contributed by atoms with van der Waals surface area (Å²) in [7, 11) is 0. The van der Waals surface area contributed by atoms with Crippen molar-refractivity contribution in [3.05, 3.63) is 83.2 Å². The summed E-state index contributed by atoms with van der Waals surface area (Å²) >= 11 is 0. The van der Waals surface area contributed by atoms with Crippen LogP contribution >= 0.6 is 0 Å². The minimum Gasteiger partial charge on any atom is -0.400 e. The molecule has 0 bridgehead atoms. The minimum absolute atomic E-state index is 0.708. The summed E-state index contributed by atoms with van der Waals surface area (Å²) in [5, 5.41) is 0. The molecule has 4 N–H and O–H groups in total. The van der Waals surface area contributed by atoms with Crippen molar-refractivity contribution < 1.29 is 0 Å². The van der Waals surface area contributed by atoms with Crippen LogP contribution in [-0.4, -0.2) is 0 Å². The topological polar surface area (TPSA) is 52.0 Å². The van der Waals surface area contributed by atoms with Crippen molar-refractivity contribution in [3.8, 4) is 0 Å². The van der Waals surface area contributed by atoms with Gasteiger partial charge in [0.05, 0.1) is 0 Å². The Morgan fingerprint density at radius 1 is 0.611 bits per heavy atom. The lowest BCUT2D eigenvalue weighted by Gasteiger charge is -2.08. The van der Waals surface area contributed by atoms with Crippen LogP contribution in [0.2, 0.25) is 0 Å². The molecule has 2 aromatic carbocycles. The van der Waals surface area contributed by atoms with E-state index in [0.717, 1.165) is 11.4 Å². The van der Waals surface area contributed by atoms with Gasteiger partial charge in [-0.2, -0.15) is 0 Å². The summed E-state index contributed by atoms with van der Waals surface area (Å²) in [4.78, 5) is 0. The van der Waals surface area contributed by atoms with E-state index in [1.807, 2.05) is 36.4 Å². The predicted molar refractivity (Wildman–Crippen MR) is 75.7 cm³/mol. The van der Waals surface area contributed by atoms with Gasteiger partial charge in [0.2, 0.25) is 0 Å². The van der Waals surface area contributed by atoms with E-state index in [-0.39, 0.29) is 0 Å². The van der Waals surface area contributed by atoms with E-state index in [1.165, 1.54) is 11.1 Å². The highest BCUT2D eigenvalue weighted by Gasteiger charge is 2.02. The molecule has 2 heteroatoms. The standard InChI is InChI=1S/C16H18N2/c17-15(11-13-7-3-1-4-8-13)16(18)12-14-9-5-2-6-10-14/h1-10H,11-12,17-18H2/b16-15-. The molecule has 18 heavy (non-hydrogen) atoms. The second kappa shape index (κ2) is 5.92. The van der Waals surface area contributed by atoms with Crippen LogP contribution in [0.15, 0.2) is 72.1 Å². The van der Waals surface area contributed by atoms with Crippen molar-refractivity contribution in [1.29, 1.82) is 0 Å². The van der Waals surface area contributed by atoms with Crippen LogP contribution in [0.25, 0.3) is 0 Å². The van der Waals surface area contributed by atoms with Gasteiger partial charge in [0.25, 0.3) is 0 Å². The highest BCUT2D eigenvalue weighted by atomic mass is 14.7. The molecule has 2 aromatic rings. The van der Waals surface area contributed by atoms with Gasteiger partial charge < -0.3 is 11.5 Å². The molecule has 0 aliphatic rings. The summed E-state index contributed by atoms with van der Waals surface area (Å²) in [6.45, 7) is 0. The van der Waals surface area contributed by atoms with Gasteiger partial charge in [-0.1, -0.05) is 60.7 Å². The van der Waals surface area contributed by atoms with Crippen LogP contribution in [0.4, 0.5) is 0 Å². The van der Waals surface area contributed by atoms with Gasteiger partial charge in [0, 0.05) is 24.2 Å².